The quantitative estimate of drug-likeness (QED) is 0.0245. The van der Waals surface area contributed by atoms with Crippen LogP contribution < -0.4 is 59.7 Å². The number of ketones is 1. The van der Waals surface area contributed by atoms with Crippen LogP contribution in [-0.2, 0) is 78.4 Å². The van der Waals surface area contributed by atoms with E-state index in [0.29, 0.717) is 46.5 Å². The Kier molecular flexibility index (Phi) is 33.2. The van der Waals surface area contributed by atoms with Crippen molar-refractivity contribution >= 4 is 93.1 Å². The first kappa shape index (κ1) is 86.5. The summed E-state index contributed by atoms with van der Waals surface area (Å²) in [5, 5.41) is 45.5. The Hall–Kier alpha value is -10.7. The van der Waals surface area contributed by atoms with Gasteiger partial charge in [0.25, 0.3) is 0 Å². The molecular formula is C80H104ClN15O14. The zero-order chi connectivity index (χ0) is 80.3. The molecule has 29 nitrogen and oxygen atoms in total. The average Bonchev–Trinajstić information content (AvgIpc) is 1.27. The summed E-state index contributed by atoms with van der Waals surface area (Å²) in [7, 11) is 1.23. The van der Waals surface area contributed by atoms with Gasteiger partial charge in [0.2, 0.25) is 65.0 Å². The third kappa shape index (κ3) is 26.3. The van der Waals surface area contributed by atoms with Gasteiger partial charge in [-0.3, -0.25) is 67.5 Å². The van der Waals surface area contributed by atoms with Gasteiger partial charge in [-0.05, 0) is 152 Å². The Bertz CT molecular complexity index is 4140. The van der Waals surface area contributed by atoms with Gasteiger partial charge in [-0.1, -0.05) is 112 Å². The number of likely N-dealkylation sites (N-methyl/N-ethyl adjacent to an activating group) is 1. The van der Waals surface area contributed by atoms with Crippen molar-refractivity contribution < 1.29 is 67.7 Å². The lowest BCUT2D eigenvalue weighted by molar-refractivity contribution is -0.144. The van der Waals surface area contributed by atoms with Crippen molar-refractivity contribution in [2.75, 3.05) is 20.2 Å². The van der Waals surface area contributed by atoms with E-state index >= 15 is 14.4 Å². The molecule has 30 heteroatoms. The van der Waals surface area contributed by atoms with Crippen LogP contribution in [-0.4, -0.2) is 193 Å². The molecule has 12 atom stereocenters. The average molecular weight is 1540 g/mol. The van der Waals surface area contributed by atoms with Crippen molar-refractivity contribution in [2.45, 2.75) is 198 Å². The number of nitrogens with one attached hydrogen (secondary N) is 8. The van der Waals surface area contributed by atoms with E-state index in [9.17, 15) is 53.4 Å². The number of nitrogens with two attached hydrogens (primary N) is 3. The van der Waals surface area contributed by atoms with E-state index < -0.39 is 144 Å². The number of primary amides is 1. The zero-order valence-corrected chi connectivity index (χ0v) is 63.9. The Morgan fingerprint density at radius 3 is 1.71 bits per heavy atom. The summed E-state index contributed by atoms with van der Waals surface area (Å²) in [6.45, 7) is 9.25. The molecule has 1 fully saturated rings. The van der Waals surface area contributed by atoms with Crippen LogP contribution in [0.3, 0.4) is 0 Å². The molecule has 11 amide bonds. The number of aromatic hydroxyl groups is 1. The third-order valence-electron chi connectivity index (χ3n) is 19.4. The number of aromatic nitrogens is 2. The number of rotatable bonds is 41. The number of carbonyl (C=O) groups excluding carboxylic acids is 12. The maximum Gasteiger partial charge on any atom is 0.247 e. The van der Waals surface area contributed by atoms with Gasteiger partial charge >= 0.3 is 0 Å². The first-order valence-corrected chi connectivity index (χ1v) is 37.5. The van der Waals surface area contributed by atoms with E-state index in [1.54, 1.807) is 50.2 Å². The molecule has 1 saturated heterocycles. The van der Waals surface area contributed by atoms with Crippen LogP contribution in [0.1, 0.15) is 132 Å². The molecule has 6 aromatic rings. The van der Waals surface area contributed by atoms with Crippen LogP contribution in [0.15, 0.2) is 140 Å². The molecule has 7 rings (SSSR count). The zero-order valence-electron chi connectivity index (χ0n) is 63.2. The second kappa shape index (κ2) is 42.3. The number of aliphatic hydroxyl groups is 1. The van der Waals surface area contributed by atoms with Gasteiger partial charge in [0.1, 0.15) is 66.2 Å². The second-order valence-electron chi connectivity index (χ2n) is 28.8. The van der Waals surface area contributed by atoms with Gasteiger partial charge < -0.3 is 79.7 Å². The molecule has 4 aromatic carbocycles. The van der Waals surface area contributed by atoms with Crippen molar-refractivity contribution in [3.63, 3.8) is 0 Å². The summed E-state index contributed by atoms with van der Waals surface area (Å²) in [6, 6.07) is 16.4. The van der Waals surface area contributed by atoms with E-state index in [1.165, 1.54) is 87.0 Å². The normalized spacial score (nSPS) is 15.7. The largest absolute Gasteiger partial charge is 0.508 e. The molecule has 16 N–H and O–H groups in total. The molecular weight excluding hydrogens is 1430 g/mol. The van der Waals surface area contributed by atoms with Crippen molar-refractivity contribution in [2.24, 2.45) is 29.0 Å². The van der Waals surface area contributed by atoms with Crippen LogP contribution in [0.4, 0.5) is 0 Å². The molecule has 1 aliphatic heterocycles. The maximum atomic E-state index is 15.4. The highest BCUT2D eigenvalue weighted by molar-refractivity contribution is 6.30. The summed E-state index contributed by atoms with van der Waals surface area (Å²) < 4.78 is 0. The molecule has 0 spiro atoms. The van der Waals surface area contributed by atoms with Crippen molar-refractivity contribution in [1.82, 2.24) is 62.3 Å². The topological polar surface area (TPSA) is 452 Å². The molecule has 0 saturated carbocycles. The number of fused-ring (bicyclic) bond motifs is 1. The number of hydrogen-bond acceptors (Lipinski definition) is 18. The lowest BCUT2D eigenvalue weighted by atomic mass is 9.96. The number of likely N-dealkylation sites (tertiary alicyclic amines) is 1. The number of nitrogens with zero attached hydrogens (tertiary/aromatic N) is 4. The molecule has 110 heavy (non-hydrogen) atoms. The molecule has 0 bridgehead atoms. The van der Waals surface area contributed by atoms with Gasteiger partial charge in [-0.25, -0.2) is 0 Å². The Balaban J connectivity index is 1.17. The number of amides is 11. The lowest BCUT2D eigenvalue weighted by Crippen LogP contribution is -2.62. The van der Waals surface area contributed by atoms with Crippen LogP contribution in [0.2, 0.25) is 5.02 Å². The van der Waals surface area contributed by atoms with Crippen LogP contribution in [0.5, 0.6) is 5.75 Å². The maximum absolute atomic E-state index is 15.4. The number of halogens is 1. The smallest absolute Gasteiger partial charge is 0.247 e. The molecule has 3 heterocycles. The molecule has 2 unspecified atom stereocenters. The Labute approximate surface area is 645 Å². The minimum absolute atomic E-state index is 0.00157. The second-order valence-corrected chi connectivity index (χ2v) is 29.3. The molecule has 0 aliphatic carbocycles. The van der Waals surface area contributed by atoms with Gasteiger partial charge in [-0.15, -0.1) is 0 Å². The number of phenolic OH excluding ortho intramolecular Hbond substituents is 1. The minimum Gasteiger partial charge on any atom is -0.508 e. The molecule has 2 aromatic heterocycles. The SMILES string of the molecule is CC(=O)N[C@@H](Cc1ccc2ccccc2c1)C(=O)N[C@@H](Cc1ccc(Cl)cc1)C(=O)N[C@@H](Cc1cccnc1)C(=O)N[C@@H](CO)C(=O)N(C)[C@@H](Cc1ccc(O)cc1)C(=O)N[C@@H](CCCC(N)C(=O)c1ccncc1)C(=O)N[C@@H](CC(C)C)C(=O)N[C@@H](CCCC(N)C(C)C)C(=O)N1CCC[C@@H]1C(=O)N[C@@H](C)C(N)=O. The van der Waals surface area contributed by atoms with Crippen LogP contribution in [0, 0.1) is 11.8 Å². The highest BCUT2D eigenvalue weighted by Crippen LogP contribution is 2.24. The highest BCUT2D eigenvalue weighted by Gasteiger charge is 2.41. The monoisotopic (exact) mass is 1530 g/mol. The Morgan fingerprint density at radius 2 is 1.10 bits per heavy atom. The number of aliphatic hydroxyl groups excluding tert-OH is 1. The lowest BCUT2D eigenvalue weighted by Gasteiger charge is -2.33. The van der Waals surface area contributed by atoms with Gasteiger partial charge in [0.15, 0.2) is 5.78 Å². The number of pyridine rings is 2. The summed E-state index contributed by atoms with van der Waals surface area (Å²) in [5.41, 5.74) is 20.7. The number of benzene rings is 4. The van der Waals surface area contributed by atoms with Crippen LogP contribution >= 0.6 is 11.6 Å². The predicted molar refractivity (Wildman–Crippen MR) is 413 cm³/mol. The highest BCUT2D eigenvalue weighted by atomic mass is 35.5. The van der Waals surface area contributed by atoms with Gasteiger partial charge in [0, 0.05) is 87.6 Å². The van der Waals surface area contributed by atoms with Gasteiger partial charge in [0.05, 0.1) is 12.6 Å². The first-order valence-electron chi connectivity index (χ1n) is 37.1. The number of carbonyl (C=O) groups is 12. The van der Waals surface area contributed by atoms with E-state index in [1.807, 2.05) is 56.3 Å². The third-order valence-corrected chi connectivity index (χ3v) is 19.7. The standard InChI is InChI=1S/C80H104ClN15O14/c1-46(2)38-63(73(103)90-62(20-10-17-59(82)47(3)4)80(110)96-37-13-21-68(96)77(107)87-48(5)71(84)101)91-72(102)61(19-11-18-60(83)70(100)55-32-35-85-36-33-55)89-78(108)69(43-51-25-30-58(99)31-26-51)95(7)79(109)67(45-97)94-76(106)66(42-53-14-12-34-86-44-53)93-75(105)65(40-50-23-28-57(81)29-24-50)92-74(104)64(88-49(6)98)41-52-22-27-54-15-8-9-16-56(54)39-52/h8-9,12,14-16,22-36,39,44,46-48,59-69,97,99H,10-11,13,17-21,37-38,40-43,45,82-83H2,1-7H3,(H2,84,101)(H,87,107)(H,88,98)(H,89,108)(H,90,103)(H,91,102)(H,92,104)(H,93,105)(H,94,106)/t48-,59?,60?,61-,62-,63-,64-,65-,66-,67-,68+,69-/m0/s1. The number of hydrogen-bond donors (Lipinski definition) is 13. The van der Waals surface area contributed by atoms with E-state index in [4.69, 9.17) is 28.8 Å². The van der Waals surface area contributed by atoms with Crippen molar-refractivity contribution in [3.05, 3.63) is 173 Å². The minimum atomic E-state index is -1.84. The molecule has 0 radical (unpaired) electrons. The predicted octanol–water partition coefficient (Wildman–Crippen LogP) is 3.05. The summed E-state index contributed by atoms with van der Waals surface area (Å²) in [6.07, 6.45) is 6.49. The summed E-state index contributed by atoms with van der Waals surface area (Å²) in [4.78, 5) is 182. The van der Waals surface area contributed by atoms with E-state index in [-0.39, 0.29) is 99.9 Å². The Morgan fingerprint density at radius 1 is 0.564 bits per heavy atom. The summed E-state index contributed by atoms with van der Waals surface area (Å²) in [5.74, 6) is -9.57. The van der Waals surface area contributed by atoms with Crippen molar-refractivity contribution in [1.29, 1.82) is 0 Å². The fourth-order valence-corrected chi connectivity index (χ4v) is 13.1. The van der Waals surface area contributed by atoms with E-state index in [2.05, 4.69) is 52.5 Å². The fraction of sp³-hybridized carbons (Fsp3) is 0.450. The van der Waals surface area contributed by atoms with Crippen molar-refractivity contribution in [3.8, 4) is 5.75 Å². The summed E-state index contributed by atoms with van der Waals surface area (Å²) >= 11 is 6.26. The number of Topliss-reactive ketones (excluding diaryl/α,β-unsaturated/α-hetero) is 1. The molecule has 590 valence electrons. The van der Waals surface area contributed by atoms with Gasteiger partial charge in [-0.2, -0.15) is 0 Å². The number of phenols is 1. The van der Waals surface area contributed by atoms with Crippen LogP contribution in [0.25, 0.3) is 10.8 Å². The fourth-order valence-electron chi connectivity index (χ4n) is 13.0. The first-order chi connectivity index (χ1) is 52.4. The van der Waals surface area contributed by atoms with E-state index in [0.717, 1.165) is 15.7 Å². The molecule has 1 aliphatic rings.